The van der Waals surface area contributed by atoms with E-state index in [-0.39, 0.29) is 29.6 Å². The lowest BCUT2D eigenvalue weighted by molar-refractivity contribution is -0.131. The molecule has 3 amide bonds. The second kappa shape index (κ2) is 4.72. The number of fused-ring (bicyclic) bond motifs is 1. The zero-order valence-corrected chi connectivity index (χ0v) is 12.3. The van der Waals surface area contributed by atoms with Crippen LogP contribution in [0.25, 0.3) is 0 Å². The first-order chi connectivity index (χ1) is 9.06. The second-order valence-corrected chi connectivity index (χ2v) is 6.38. The Kier molecular flexibility index (Phi) is 3.18. The molecule has 5 nitrogen and oxygen atoms in total. The van der Waals surface area contributed by atoms with E-state index in [9.17, 15) is 14.4 Å². The summed E-state index contributed by atoms with van der Waals surface area (Å²) in [5, 5.41) is 6.17. The maximum absolute atomic E-state index is 12.2. The Bertz CT molecular complexity index is 549. The number of imide groups is 1. The van der Waals surface area contributed by atoms with Gasteiger partial charge in [0, 0.05) is 22.9 Å². The summed E-state index contributed by atoms with van der Waals surface area (Å²) in [6.07, 6.45) is 0.305. The van der Waals surface area contributed by atoms with Crippen LogP contribution in [-0.2, 0) is 20.8 Å². The minimum atomic E-state index is -0.359. The van der Waals surface area contributed by atoms with E-state index in [0.717, 1.165) is 10.0 Å². The molecule has 0 spiro atoms. The van der Waals surface area contributed by atoms with Crippen LogP contribution in [0.2, 0.25) is 0 Å². The van der Waals surface area contributed by atoms with Crippen molar-refractivity contribution in [2.24, 2.45) is 11.8 Å². The number of amides is 3. The van der Waals surface area contributed by atoms with Gasteiger partial charge in [-0.2, -0.15) is 11.3 Å². The van der Waals surface area contributed by atoms with Gasteiger partial charge < -0.3 is 4.90 Å². The summed E-state index contributed by atoms with van der Waals surface area (Å²) in [5.74, 6) is -1.25. The van der Waals surface area contributed by atoms with Gasteiger partial charge in [-0.25, -0.2) is 0 Å². The number of hydrogen-bond acceptors (Lipinski definition) is 4. The minimum Gasteiger partial charge on any atom is -0.341 e. The molecule has 19 heavy (non-hydrogen) atoms. The van der Waals surface area contributed by atoms with Gasteiger partial charge in [0.2, 0.25) is 17.7 Å². The maximum Gasteiger partial charge on any atom is 0.232 e. The monoisotopic (exact) mass is 342 g/mol. The van der Waals surface area contributed by atoms with Crippen molar-refractivity contribution in [3.8, 4) is 0 Å². The molecule has 7 heteroatoms. The Morgan fingerprint density at radius 1 is 1.32 bits per heavy atom. The van der Waals surface area contributed by atoms with Crippen LogP contribution in [0, 0.1) is 11.8 Å². The Morgan fingerprint density at radius 3 is 2.47 bits per heavy atom. The minimum absolute atomic E-state index is 0.0332. The lowest BCUT2D eigenvalue weighted by atomic mass is 10.00. The number of carbonyl (C=O) groups is 3. The molecule has 3 rings (SSSR count). The summed E-state index contributed by atoms with van der Waals surface area (Å²) in [5.41, 5.74) is 0.947. The lowest BCUT2D eigenvalue weighted by Gasteiger charge is -2.16. The van der Waals surface area contributed by atoms with Gasteiger partial charge in [-0.15, -0.1) is 0 Å². The van der Waals surface area contributed by atoms with Crippen LogP contribution in [0.5, 0.6) is 0 Å². The molecule has 1 N–H and O–H groups in total. The Labute approximate surface area is 122 Å². The molecule has 0 unspecified atom stereocenters. The largest absolute Gasteiger partial charge is 0.341 e. The Hall–Kier alpha value is -1.21. The molecule has 0 saturated carbocycles. The van der Waals surface area contributed by atoms with Crippen LogP contribution in [0.15, 0.2) is 15.2 Å². The first-order valence-corrected chi connectivity index (χ1v) is 7.63. The van der Waals surface area contributed by atoms with E-state index >= 15 is 0 Å². The number of carbonyl (C=O) groups excluding carboxylic acids is 3. The lowest BCUT2D eigenvalue weighted by Crippen LogP contribution is -2.35. The summed E-state index contributed by atoms with van der Waals surface area (Å²) in [7, 11) is 0. The molecular formula is C12H11BrN2O3S. The molecule has 100 valence electrons. The van der Waals surface area contributed by atoms with Crippen molar-refractivity contribution >= 4 is 45.0 Å². The Morgan fingerprint density at radius 2 is 1.95 bits per heavy atom. The fourth-order valence-corrected chi connectivity index (χ4v) is 4.00. The van der Waals surface area contributed by atoms with Gasteiger partial charge >= 0.3 is 0 Å². The SMILES string of the molecule is O=C1NC(=O)[C@@H]2CN(C(=O)Cc3cscc3Br)C[C@H]12. The quantitative estimate of drug-likeness (QED) is 0.808. The van der Waals surface area contributed by atoms with Crippen LogP contribution in [0.1, 0.15) is 5.56 Å². The summed E-state index contributed by atoms with van der Waals surface area (Å²) in [4.78, 5) is 36.9. The van der Waals surface area contributed by atoms with E-state index in [4.69, 9.17) is 0 Å². The average molecular weight is 343 g/mol. The fourth-order valence-electron chi connectivity index (χ4n) is 2.55. The topological polar surface area (TPSA) is 66.5 Å². The average Bonchev–Trinajstić information content (AvgIpc) is 3.01. The van der Waals surface area contributed by atoms with E-state index < -0.39 is 0 Å². The molecule has 1 aromatic rings. The molecule has 0 radical (unpaired) electrons. The highest BCUT2D eigenvalue weighted by Crippen LogP contribution is 2.29. The predicted octanol–water partition coefficient (Wildman–Crippen LogP) is 0.784. The third kappa shape index (κ3) is 2.21. The first kappa shape index (κ1) is 12.8. The second-order valence-electron chi connectivity index (χ2n) is 4.79. The molecule has 2 saturated heterocycles. The van der Waals surface area contributed by atoms with Crippen LogP contribution < -0.4 is 5.32 Å². The molecule has 2 atom stereocenters. The standard InChI is InChI=1S/C12H11BrN2O3S/c13-9-5-19-4-6(9)1-10(16)15-2-7-8(3-15)12(18)14-11(7)17/h4-5,7-8H,1-3H2,(H,14,17,18)/t7-,8+. The normalized spacial score (nSPS) is 25.6. The smallest absolute Gasteiger partial charge is 0.232 e. The van der Waals surface area contributed by atoms with Crippen LogP contribution in [-0.4, -0.2) is 35.7 Å². The van der Waals surface area contributed by atoms with Crippen LogP contribution in [0.3, 0.4) is 0 Å². The van der Waals surface area contributed by atoms with Crippen molar-refractivity contribution in [2.45, 2.75) is 6.42 Å². The molecule has 1 aromatic heterocycles. The van der Waals surface area contributed by atoms with Gasteiger partial charge in [0.05, 0.1) is 18.3 Å². The number of nitrogens with zero attached hydrogens (tertiary/aromatic N) is 1. The molecule has 2 aliphatic heterocycles. The molecule has 3 heterocycles. The molecular weight excluding hydrogens is 332 g/mol. The summed E-state index contributed by atoms with van der Waals surface area (Å²) in [6.45, 7) is 0.700. The van der Waals surface area contributed by atoms with Crippen molar-refractivity contribution in [3.63, 3.8) is 0 Å². The molecule has 0 bridgehead atoms. The maximum atomic E-state index is 12.2. The van der Waals surface area contributed by atoms with Gasteiger partial charge in [-0.1, -0.05) is 0 Å². The zero-order chi connectivity index (χ0) is 13.6. The van der Waals surface area contributed by atoms with Gasteiger partial charge in [0.25, 0.3) is 0 Å². The van der Waals surface area contributed by atoms with Crippen molar-refractivity contribution in [1.82, 2.24) is 10.2 Å². The number of hydrogen-bond donors (Lipinski definition) is 1. The predicted molar refractivity (Wildman–Crippen MR) is 72.4 cm³/mol. The number of rotatable bonds is 2. The molecule has 2 fully saturated rings. The van der Waals surface area contributed by atoms with Crippen molar-refractivity contribution in [2.75, 3.05) is 13.1 Å². The van der Waals surface area contributed by atoms with E-state index in [1.807, 2.05) is 10.8 Å². The van der Waals surface area contributed by atoms with E-state index in [1.54, 1.807) is 4.90 Å². The van der Waals surface area contributed by atoms with Gasteiger partial charge in [0.1, 0.15) is 0 Å². The van der Waals surface area contributed by atoms with Gasteiger partial charge in [-0.3, -0.25) is 19.7 Å². The van der Waals surface area contributed by atoms with E-state index in [2.05, 4.69) is 21.2 Å². The third-order valence-corrected chi connectivity index (χ3v) is 5.46. The number of halogens is 1. The Balaban J connectivity index is 1.69. The third-order valence-electron chi connectivity index (χ3n) is 3.62. The number of thiophene rings is 1. The molecule has 0 aromatic carbocycles. The highest BCUT2D eigenvalue weighted by Gasteiger charge is 2.48. The van der Waals surface area contributed by atoms with Crippen LogP contribution in [0.4, 0.5) is 0 Å². The van der Waals surface area contributed by atoms with Crippen molar-refractivity contribution in [1.29, 1.82) is 0 Å². The summed E-state index contributed by atoms with van der Waals surface area (Å²) >= 11 is 4.92. The highest BCUT2D eigenvalue weighted by molar-refractivity contribution is 9.10. The van der Waals surface area contributed by atoms with E-state index in [1.165, 1.54) is 11.3 Å². The summed E-state index contributed by atoms with van der Waals surface area (Å²) in [6, 6.07) is 0. The van der Waals surface area contributed by atoms with Crippen LogP contribution >= 0.6 is 27.3 Å². The van der Waals surface area contributed by atoms with Crippen molar-refractivity contribution < 1.29 is 14.4 Å². The highest BCUT2D eigenvalue weighted by atomic mass is 79.9. The fraction of sp³-hybridized carbons (Fsp3) is 0.417. The van der Waals surface area contributed by atoms with Gasteiger partial charge in [-0.05, 0) is 26.9 Å². The van der Waals surface area contributed by atoms with Gasteiger partial charge in [0.15, 0.2) is 0 Å². The van der Waals surface area contributed by atoms with Crippen molar-refractivity contribution in [3.05, 3.63) is 20.8 Å². The first-order valence-electron chi connectivity index (χ1n) is 5.89. The molecule has 2 aliphatic rings. The summed E-state index contributed by atoms with van der Waals surface area (Å²) < 4.78 is 0.930. The van der Waals surface area contributed by atoms with E-state index in [0.29, 0.717) is 19.5 Å². The number of likely N-dealkylation sites (tertiary alicyclic amines) is 1. The number of nitrogens with one attached hydrogen (secondary N) is 1. The molecule has 0 aliphatic carbocycles. The zero-order valence-electron chi connectivity index (χ0n) is 9.89.